The van der Waals surface area contributed by atoms with Gasteiger partial charge in [0.15, 0.2) is 17.3 Å². The third-order valence-electron chi connectivity index (χ3n) is 5.68. The maximum absolute atomic E-state index is 13.1. The van der Waals surface area contributed by atoms with E-state index in [1.807, 2.05) is 60.7 Å². The second kappa shape index (κ2) is 11.5. The molecule has 0 bridgehead atoms. The van der Waals surface area contributed by atoms with Gasteiger partial charge in [0.1, 0.15) is 0 Å². The number of esters is 1. The molecule has 4 rings (SSSR count). The molecule has 0 aliphatic heterocycles. The van der Waals surface area contributed by atoms with Crippen molar-refractivity contribution in [1.29, 1.82) is 0 Å². The average Bonchev–Trinajstić information content (AvgIpc) is 3.40. The number of carbonyl (C=O) groups is 2. The van der Waals surface area contributed by atoms with Gasteiger partial charge in [-0.05, 0) is 18.1 Å². The van der Waals surface area contributed by atoms with Crippen LogP contribution in [0.2, 0.25) is 0 Å². The molecule has 0 spiro atoms. The van der Waals surface area contributed by atoms with Gasteiger partial charge in [0.2, 0.25) is 11.6 Å². The second-order valence-corrected chi connectivity index (χ2v) is 8.71. The molecule has 190 valence electrons. The van der Waals surface area contributed by atoms with E-state index < -0.39 is 23.8 Å². The Bertz CT molecular complexity index is 1320. The number of aromatic nitrogens is 3. The summed E-state index contributed by atoms with van der Waals surface area (Å²) in [6.45, 7) is 5.12. The number of benzene rings is 2. The minimum absolute atomic E-state index is 0.0459. The van der Waals surface area contributed by atoms with E-state index in [0.717, 1.165) is 11.1 Å². The van der Waals surface area contributed by atoms with Crippen molar-refractivity contribution >= 4 is 11.9 Å². The summed E-state index contributed by atoms with van der Waals surface area (Å²) in [5.41, 5.74) is 1.91. The summed E-state index contributed by atoms with van der Waals surface area (Å²) in [5.74, 6) is -0.889. The van der Waals surface area contributed by atoms with E-state index >= 15 is 0 Å². The van der Waals surface area contributed by atoms with E-state index in [4.69, 9.17) is 14.0 Å². The fourth-order valence-corrected chi connectivity index (χ4v) is 3.71. The van der Waals surface area contributed by atoms with Crippen LogP contribution < -0.4 is 14.8 Å². The predicted octanol–water partition coefficient (Wildman–Crippen LogP) is 4.71. The molecule has 0 saturated heterocycles. The van der Waals surface area contributed by atoms with E-state index in [9.17, 15) is 9.59 Å². The highest BCUT2D eigenvalue weighted by Gasteiger charge is 2.27. The molecule has 0 aliphatic carbocycles. The lowest BCUT2D eigenvalue weighted by Crippen LogP contribution is -2.29. The number of rotatable bonds is 9. The Morgan fingerprint density at radius 3 is 2.11 bits per heavy atom. The van der Waals surface area contributed by atoms with Gasteiger partial charge in [-0.2, -0.15) is 4.98 Å². The molecule has 0 aliphatic rings. The number of methoxy groups -OCH3 is 1. The number of nitrogens with one attached hydrogen (secondary N) is 1. The quantitative estimate of drug-likeness (QED) is 0.329. The smallest absolute Gasteiger partial charge is 0.313 e. The molecular weight excluding hydrogens is 472 g/mol. The Balaban J connectivity index is 1.59. The SMILES string of the molecule is COc1ccnc(C(=O)N[C@@H](C)c2noc(C(c3ccccc3)c3ccccc3)n2)c1OC(=O)C(C)C. The first kappa shape index (κ1) is 25.6. The lowest BCUT2D eigenvalue weighted by Gasteiger charge is -2.15. The Labute approximate surface area is 214 Å². The van der Waals surface area contributed by atoms with Crippen molar-refractivity contribution in [1.82, 2.24) is 20.4 Å². The monoisotopic (exact) mass is 500 g/mol. The number of carbonyl (C=O) groups excluding carboxylic acids is 2. The zero-order valence-corrected chi connectivity index (χ0v) is 21.0. The van der Waals surface area contributed by atoms with Crippen LogP contribution >= 0.6 is 0 Å². The Morgan fingerprint density at radius 2 is 1.54 bits per heavy atom. The van der Waals surface area contributed by atoms with E-state index in [1.165, 1.54) is 19.4 Å². The van der Waals surface area contributed by atoms with Crippen molar-refractivity contribution in [3.8, 4) is 11.5 Å². The molecule has 1 N–H and O–H groups in total. The van der Waals surface area contributed by atoms with Gasteiger partial charge in [-0.1, -0.05) is 79.7 Å². The minimum Gasteiger partial charge on any atom is -0.493 e. The summed E-state index contributed by atoms with van der Waals surface area (Å²) in [7, 11) is 1.42. The summed E-state index contributed by atoms with van der Waals surface area (Å²) < 4.78 is 16.4. The molecule has 9 heteroatoms. The Hall–Kier alpha value is -4.53. The summed E-state index contributed by atoms with van der Waals surface area (Å²) in [6.07, 6.45) is 1.40. The maximum Gasteiger partial charge on any atom is 0.313 e. The predicted molar refractivity (Wildman–Crippen MR) is 135 cm³/mol. The lowest BCUT2D eigenvalue weighted by molar-refractivity contribution is -0.137. The van der Waals surface area contributed by atoms with Crippen LogP contribution in [0.1, 0.15) is 66.1 Å². The molecule has 1 amide bonds. The molecule has 9 nitrogen and oxygen atoms in total. The van der Waals surface area contributed by atoms with Gasteiger partial charge < -0.3 is 19.3 Å². The fraction of sp³-hybridized carbons (Fsp3) is 0.250. The molecule has 1 atom stereocenters. The van der Waals surface area contributed by atoms with Crippen molar-refractivity contribution in [3.05, 3.63) is 101 Å². The van der Waals surface area contributed by atoms with Gasteiger partial charge in [-0.15, -0.1) is 0 Å². The van der Waals surface area contributed by atoms with Crippen LogP contribution in [0, 0.1) is 5.92 Å². The van der Waals surface area contributed by atoms with E-state index in [-0.39, 0.29) is 23.1 Å². The van der Waals surface area contributed by atoms with Crippen LogP contribution in [-0.2, 0) is 4.79 Å². The fourth-order valence-electron chi connectivity index (χ4n) is 3.71. The summed E-state index contributed by atoms with van der Waals surface area (Å²) >= 11 is 0. The van der Waals surface area contributed by atoms with Crippen molar-refractivity contribution < 1.29 is 23.6 Å². The van der Waals surface area contributed by atoms with E-state index in [2.05, 4.69) is 20.4 Å². The van der Waals surface area contributed by atoms with Crippen LogP contribution in [0.25, 0.3) is 0 Å². The van der Waals surface area contributed by atoms with Crippen LogP contribution in [0.5, 0.6) is 11.5 Å². The first-order valence-corrected chi connectivity index (χ1v) is 11.9. The molecule has 2 aromatic heterocycles. The average molecular weight is 501 g/mol. The molecule has 2 aromatic carbocycles. The molecular formula is C28H28N4O5. The minimum atomic E-state index is -0.626. The highest BCUT2D eigenvalue weighted by molar-refractivity contribution is 5.96. The summed E-state index contributed by atoms with van der Waals surface area (Å²) in [4.78, 5) is 34.1. The van der Waals surface area contributed by atoms with Gasteiger partial charge in [0.25, 0.3) is 5.91 Å². The molecule has 0 unspecified atom stereocenters. The Kier molecular flexibility index (Phi) is 7.92. The zero-order valence-electron chi connectivity index (χ0n) is 21.0. The van der Waals surface area contributed by atoms with Crippen molar-refractivity contribution in [2.75, 3.05) is 7.11 Å². The topological polar surface area (TPSA) is 116 Å². The molecule has 4 aromatic rings. The summed E-state index contributed by atoms with van der Waals surface area (Å²) in [6, 6.07) is 20.6. The molecule has 0 saturated carbocycles. The van der Waals surface area contributed by atoms with Crippen molar-refractivity contribution in [3.63, 3.8) is 0 Å². The normalized spacial score (nSPS) is 11.8. The zero-order chi connectivity index (χ0) is 26.4. The third kappa shape index (κ3) is 5.83. The maximum atomic E-state index is 13.1. The molecule has 0 fully saturated rings. The highest BCUT2D eigenvalue weighted by atomic mass is 16.6. The van der Waals surface area contributed by atoms with Gasteiger partial charge >= 0.3 is 5.97 Å². The number of amides is 1. The van der Waals surface area contributed by atoms with Crippen LogP contribution in [0.3, 0.4) is 0 Å². The largest absolute Gasteiger partial charge is 0.493 e. The Morgan fingerprint density at radius 1 is 0.919 bits per heavy atom. The second-order valence-electron chi connectivity index (χ2n) is 8.71. The van der Waals surface area contributed by atoms with Crippen molar-refractivity contribution in [2.24, 2.45) is 5.92 Å². The first-order chi connectivity index (χ1) is 17.9. The van der Waals surface area contributed by atoms with Gasteiger partial charge in [-0.3, -0.25) is 9.59 Å². The van der Waals surface area contributed by atoms with Crippen LogP contribution in [-0.4, -0.2) is 34.1 Å². The van der Waals surface area contributed by atoms with E-state index in [1.54, 1.807) is 20.8 Å². The first-order valence-electron chi connectivity index (χ1n) is 11.9. The number of ether oxygens (including phenoxy) is 2. The van der Waals surface area contributed by atoms with Crippen molar-refractivity contribution in [2.45, 2.75) is 32.7 Å². The standard InChI is InChI=1S/C28H28N4O5/c1-17(2)28(34)36-24-21(35-4)15-16-29-23(24)26(33)30-18(3)25-31-27(37-32-25)22(19-11-7-5-8-12-19)20-13-9-6-10-14-20/h5-18,22H,1-4H3,(H,30,33)/t18-/m0/s1. The van der Waals surface area contributed by atoms with Gasteiger partial charge in [-0.25, -0.2) is 4.98 Å². The highest BCUT2D eigenvalue weighted by Crippen LogP contribution is 2.32. The number of pyridine rings is 1. The molecule has 0 radical (unpaired) electrons. The van der Waals surface area contributed by atoms with Crippen LogP contribution in [0.4, 0.5) is 0 Å². The van der Waals surface area contributed by atoms with Crippen LogP contribution in [0.15, 0.2) is 77.4 Å². The molecule has 2 heterocycles. The lowest BCUT2D eigenvalue weighted by atomic mass is 9.91. The third-order valence-corrected chi connectivity index (χ3v) is 5.68. The van der Waals surface area contributed by atoms with Gasteiger partial charge in [0.05, 0.1) is 25.0 Å². The summed E-state index contributed by atoms with van der Waals surface area (Å²) in [5, 5.41) is 6.94. The van der Waals surface area contributed by atoms with Gasteiger partial charge in [0, 0.05) is 12.3 Å². The molecule has 37 heavy (non-hydrogen) atoms. The number of hydrogen-bond donors (Lipinski definition) is 1. The van der Waals surface area contributed by atoms with E-state index in [0.29, 0.717) is 11.7 Å². The number of hydrogen-bond acceptors (Lipinski definition) is 8. The number of nitrogens with zero attached hydrogens (tertiary/aromatic N) is 3.